The van der Waals surface area contributed by atoms with Gasteiger partial charge >= 0.3 is 6.18 Å². The Morgan fingerprint density at radius 2 is 2.05 bits per heavy atom. The summed E-state index contributed by atoms with van der Waals surface area (Å²) in [5.74, 6) is -0.858. The van der Waals surface area contributed by atoms with Crippen LogP contribution in [0.2, 0.25) is 0 Å². The molecule has 2 heterocycles. The zero-order chi connectivity index (χ0) is 13.8. The molecule has 3 rings (SSSR count). The van der Waals surface area contributed by atoms with E-state index in [-0.39, 0.29) is 17.5 Å². The summed E-state index contributed by atoms with van der Waals surface area (Å²) in [6.45, 7) is 0.870. The van der Waals surface area contributed by atoms with E-state index in [9.17, 15) is 18.0 Å². The van der Waals surface area contributed by atoms with Gasteiger partial charge in [0.1, 0.15) is 0 Å². The van der Waals surface area contributed by atoms with Gasteiger partial charge in [-0.1, -0.05) is 12.1 Å². The van der Waals surface area contributed by atoms with Gasteiger partial charge in [0, 0.05) is 19.0 Å². The molecule has 0 radical (unpaired) electrons. The number of halogens is 4. The number of alkyl halides is 3. The molecule has 2 atom stereocenters. The molecule has 1 fully saturated rings. The molecule has 1 N–H and O–H groups in total. The predicted molar refractivity (Wildman–Crippen MR) is 62.9 cm³/mol. The lowest BCUT2D eigenvalue weighted by molar-refractivity contribution is -0.138. The summed E-state index contributed by atoms with van der Waals surface area (Å²) < 4.78 is 40.4. The van der Waals surface area contributed by atoms with Gasteiger partial charge in [0.2, 0.25) is 0 Å². The molecule has 1 saturated heterocycles. The van der Waals surface area contributed by atoms with Crippen molar-refractivity contribution in [3.05, 3.63) is 34.9 Å². The molecule has 1 aromatic carbocycles. The summed E-state index contributed by atoms with van der Waals surface area (Å²) >= 11 is 5.89. The first-order valence-corrected chi connectivity index (χ1v) is 6.13. The Labute approximate surface area is 112 Å². The summed E-state index contributed by atoms with van der Waals surface area (Å²) in [6.07, 6.45) is -4.53. The zero-order valence-electron chi connectivity index (χ0n) is 9.67. The van der Waals surface area contributed by atoms with Gasteiger partial charge in [-0.3, -0.25) is 4.79 Å². The molecule has 0 aromatic heterocycles. The lowest BCUT2D eigenvalue weighted by Crippen LogP contribution is -2.45. The normalized spacial score (nSPS) is 26.8. The molecule has 1 amide bonds. The fourth-order valence-electron chi connectivity index (χ4n) is 2.83. The first-order chi connectivity index (χ1) is 8.88. The quantitative estimate of drug-likeness (QED) is 0.744. The fourth-order valence-corrected chi connectivity index (χ4v) is 3.12. The maximum atomic E-state index is 13.0. The highest BCUT2D eigenvalue weighted by atomic mass is 35.5. The molecular formula is C12H10ClF3N2O. The van der Waals surface area contributed by atoms with Gasteiger partial charge in [-0.25, -0.2) is 4.42 Å². The summed E-state index contributed by atoms with van der Waals surface area (Å²) in [4.78, 5) is 11.9. The minimum atomic E-state index is -4.53. The average Bonchev–Trinajstić information content (AvgIpc) is 2.68. The minimum Gasteiger partial charge on any atom is -0.347 e. The maximum absolute atomic E-state index is 13.0. The van der Waals surface area contributed by atoms with Gasteiger partial charge in [0.15, 0.2) is 0 Å². The van der Waals surface area contributed by atoms with Crippen molar-refractivity contribution in [1.29, 1.82) is 0 Å². The van der Waals surface area contributed by atoms with Crippen LogP contribution >= 0.6 is 11.8 Å². The van der Waals surface area contributed by atoms with Crippen molar-refractivity contribution >= 4 is 17.7 Å². The number of rotatable bonds is 0. The Hall–Kier alpha value is -1.27. The SMILES string of the molecule is O=C1N[C@H]2CN(Cl)C[C@@H]2c2cccc(C(F)(F)F)c21. The molecule has 19 heavy (non-hydrogen) atoms. The van der Waals surface area contributed by atoms with Crippen LogP contribution in [0.1, 0.15) is 27.4 Å². The van der Waals surface area contributed by atoms with Crippen molar-refractivity contribution in [2.45, 2.75) is 18.1 Å². The average molecular weight is 291 g/mol. The smallest absolute Gasteiger partial charge is 0.347 e. The zero-order valence-corrected chi connectivity index (χ0v) is 10.4. The van der Waals surface area contributed by atoms with E-state index in [0.717, 1.165) is 6.07 Å². The number of hydrogen-bond donors (Lipinski definition) is 1. The molecule has 0 spiro atoms. The van der Waals surface area contributed by atoms with Crippen LogP contribution in [0.3, 0.4) is 0 Å². The van der Waals surface area contributed by atoms with E-state index >= 15 is 0 Å². The molecule has 102 valence electrons. The van der Waals surface area contributed by atoms with Crippen LogP contribution in [0, 0.1) is 0 Å². The van der Waals surface area contributed by atoms with Crippen LogP contribution in [0.5, 0.6) is 0 Å². The third-order valence-corrected chi connectivity index (χ3v) is 3.90. The summed E-state index contributed by atoms with van der Waals surface area (Å²) in [5, 5.41) is 2.61. The summed E-state index contributed by atoms with van der Waals surface area (Å²) in [5.41, 5.74) is -0.705. The molecule has 7 heteroatoms. The Morgan fingerprint density at radius 1 is 1.32 bits per heavy atom. The number of hydrogen-bond acceptors (Lipinski definition) is 2. The number of nitrogens with one attached hydrogen (secondary N) is 1. The number of benzene rings is 1. The second-order valence-corrected chi connectivity index (χ2v) is 5.26. The standard InChI is InChI=1S/C12H10ClF3N2O/c13-18-4-7-6-2-1-3-8(12(14,15)16)10(6)11(19)17-9(7)5-18/h1-3,7,9H,4-5H2,(H,17,19)/t7-,9+/m1/s1. The van der Waals surface area contributed by atoms with E-state index in [0.29, 0.717) is 18.7 Å². The first kappa shape index (κ1) is 12.7. The van der Waals surface area contributed by atoms with Gasteiger partial charge in [0.05, 0.1) is 17.2 Å². The molecular weight excluding hydrogens is 281 g/mol. The molecule has 3 nitrogen and oxygen atoms in total. The van der Waals surface area contributed by atoms with Crippen molar-refractivity contribution in [2.24, 2.45) is 0 Å². The Kier molecular flexibility index (Phi) is 2.76. The molecule has 0 bridgehead atoms. The first-order valence-electron chi connectivity index (χ1n) is 5.79. The van der Waals surface area contributed by atoms with E-state index in [2.05, 4.69) is 5.32 Å². The molecule has 2 aliphatic rings. The number of carbonyl (C=O) groups excluding carboxylic acids is 1. The van der Waals surface area contributed by atoms with Crippen LogP contribution in [0.15, 0.2) is 18.2 Å². The van der Waals surface area contributed by atoms with E-state index in [1.807, 2.05) is 0 Å². The minimum absolute atomic E-state index is 0.188. The Morgan fingerprint density at radius 3 is 2.74 bits per heavy atom. The summed E-state index contributed by atoms with van der Waals surface area (Å²) in [7, 11) is 0. The van der Waals surface area contributed by atoms with Crippen molar-refractivity contribution < 1.29 is 18.0 Å². The number of fused-ring (bicyclic) bond motifs is 3. The van der Waals surface area contributed by atoms with Crippen LogP contribution in [0.4, 0.5) is 13.2 Å². The summed E-state index contributed by atoms with van der Waals surface area (Å²) in [6, 6.07) is 3.64. The Balaban J connectivity index is 2.15. The molecule has 0 unspecified atom stereocenters. The topological polar surface area (TPSA) is 32.3 Å². The highest BCUT2D eigenvalue weighted by molar-refractivity contribution is 6.13. The van der Waals surface area contributed by atoms with E-state index in [1.165, 1.54) is 10.5 Å². The highest BCUT2D eigenvalue weighted by Gasteiger charge is 2.44. The van der Waals surface area contributed by atoms with Crippen molar-refractivity contribution in [3.63, 3.8) is 0 Å². The van der Waals surface area contributed by atoms with Crippen molar-refractivity contribution in [3.8, 4) is 0 Å². The monoisotopic (exact) mass is 290 g/mol. The van der Waals surface area contributed by atoms with Crippen LogP contribution in [0.25, 0.3) is 0 Å². The van der Waals surface area contributed by atoms with Crippen molar-refractivity contribution in [2.75, 3.05) is 13.1 Å². The van der Waals surface area contributed by atoms with Gasteiger partial charge in [-0.2, -0.15) is 13.2 Å². The lowest BCUT2D eigenvalue weighted by atomic mass is 9.84. The maximum Gasteiger partial charge on any atom is 0.417 e. The van der Waals surface area contributed by atoms with Crippen LogP contribution < -0.4 is 5.32 Å². The Bertz CT molecular complexity index is 546. The third-order valence-electron chi connectivity index (χ3n) is 3.62. The largest absolute Gasteiger partial charge is 0.417 e. The van der Waals surface area contributed by atoms with E-state index in [4.69, 9.17) is 11.8 Å². The van der Waals surface area contributed by atoms with Crippen molar-refractivity contribution in [1.82, 2.24) is 9.74 Å². The van der Waals surface area contributed by atoms with E-state index < -0.39 is 17.6 Å². The van der Waals surface area contributed by atoms with E-state index in [1.54, 1.807) is 6.07 Å². The van der Waals surface area contributed by atoms with Gasteiger partial charge in [-0.05, 0) is 23.4 Å². The van der Waals surface area contributed by atoms with Crippen LogP contribution in [-0.2, 0) is 6.18 Å². The molecule has 0 aliphatic carbocycles. The predicted octanol–water partition coefficient (Wildman–Crippen LogP) is 2.37. The van der Waals surface area contributed by atoms with Gasteiger partial charge in [-0.15, -0.1) is 0 Å². The van der Waals surface area contributed by atoms with Gasteiger partial charge in [0.25, 0.3) is 5.91 Å². The number of amides is 1. The second kappa shape index (κ2) is 4.11. The van der Waals surface area contributed by atoms with Crippen LogP contribution in [-0.4, -0.2) is 29.5 Å². The lowest BCUT2D eigenvalue weighted by Gasteiger charge is -2.29. The molecule has 1 aromatic rings. The molecule has 2 aliphatic heterocycles. The van der Waals surface area contributed by atoms with Gasteiger partial charge < -0.3 is 5.32 Å². The fraction of sp³-hybridized carbons (Fsp3) is 0.417. The number of carbonyl (C=O) groups is 1. The third kappa shape index (κ3) is 1.99. The number of nitrogens with zero attached hydrogens (tertiary/aromatic N) is 1. The second-order valence-electron chi connectivity index (χ2n) is 4.78. The highest BCUT2D eigenvalue weighted by Crippen LogP contribution is 2.40. The molecule has 0 saturated carbocycles.